The van der Waals surface area contributed by atoms with E-state index < -0.39 is 0 Å². The minimum atomic E-state index is 0.0141. The molecule has 3 heteroatoms. The van der Waals surface area contributed by atoms with E-state index in [9.17, 15) is 4.79 Å². The van der Waals surface area contributed by atoms with Gasteiger partial charge in [-0.05, 0) is 50.6 Å². The first-order chi connectivity index (χ1) is 8.29. The van der Waals surface area contributed by atoms with Crippen molar-refractivity contribution in [3.05, 3.63) is 35.4 Å². The highest BCUT2D eigenvalue weighted by Gasteiger charge is 2.11. The van der Waals surface area contributed by atoms with Crippen molar-refractivity contribution in [1.82, 2.24) is 10.2 Å². The van der Waals surface area contributed by atoms with Crippen LogP contribution in [0.25, 0.3) is 0 Å². The van der Waals surface area contributed by atoms with Gasteiger partial charge in [0.1, 0.15) is 0 Å². The van der Waals surface area contributed by atoms with Gasteiger partial charge in [-0.3, -0.25) is 9.69 Å². The highest BCUT2D eigenvalue weighted by atomic mass is 16.1. The van der Waals surface area contributed by atoms with Crippen LogP contribution in [0.15, 0.2) is 24.3 Å². The standard InChI is InChI=1S/C14H20N2O/c1-2-15-14(17)13-7-5-12(6-8-13)11-16-9-3-4-10-16/h5-8H,2-4,9-11H2,1H3,(H,15,17). The summed E-state index contributed by atoms with van der Waals surface area (Å²) < 4.78 is 0. The van der Waals surface area contributed by atoms with Gasteiger partial charge in [0.05, 0.1) is 0 Å². The second kappa shape index (κ2) is 5.82. The minimum Gasteiger partial charge on any atom is -0.352 e. The average molecular weight is 232 g/mol. The lowest BCUT2D eigenvalue weighted by atomic mass is 10.1. The highest BCUT2D eigenvalue weighted by molar-refractivity contribution is 5.94. The van der Waals surface area contributed by atoms with Crippen LogP contribution in [-0.4, -0.2) is 30.4 Å². The molecular formula is C14H20N2O. The van der Waals surface area contributed by atoms with E-state index in [-0.39, 0.29) is 5.91 Å². The third-order valence-electron chi connectivity index (χ3n) is 3.16. The Balaban J connectivity index is 1.94. The summed E-state index contributed by atoms with van der Waals surface area (Å²) in [7, 11) is 0. The highest BCUT2D eigenvalue weighted by Crippen LogP contribution is 2.13. The molecule has 0 aromatic heterocycles. The summed E-state index contributed by atoms with van der Waals surface area (Å²) in [6.07, 6.45) is 2.63. The molecule has 0 spiro atoms. The summed E-state index contributed by atoms with van der Waals surface area (Å²) in [6, 6.07) is 7.94. The van der Waals surface area contributed by atoms with Gasteiger partial charge < -0.3 is 5.32 Å². The molecule has 0 bridgehead atoms. The largest absolute Gasteiger partial charge is 0.352 e. The van der Waals surface area contributed by atoms with E-state index in [1.165, 1.54) is 31.5 Å². The van der Waals surface area contributed by atoms with E-state index in [1.54, 1.807) is 0 Å². The number of rotatable bonds is 4. The Morgan fingerprint density at radius 2 is 1.88 bits per heavy atom. The Kier molecular flexibility index (Phi) is 4.15. The molecule has 2 rings (SSSR count). The zero-order chi connectivity index (χ0) is 12.1. The zero-order valence-electron chi connectivity index (χ0n) is 10.4. The molecule has 92 valence electrons. The fourth-order valence-electron chi connectivity index (χ4n) is 2.22. The molecule has 0 radical (unpaired) electrons. The van der Waals surface area contributed by atoms with Crippen LogP contribution in [0.1, 0.15) is 35.7 Å². The first-order valence-corrected chi connectivity index (χ1v) is 6.39. The van der Waals surface area contributed by atoms with Gasteiger partial charge in [-0.15, -0.1) is 0 Å². The van der Waals surface area contributed by atoms with Gasteiger partial charge in [-0.1, -0.05) is 12.1 Å². The number of carbonyl (C=O) groups is 1. The van der Waals surface area contributed by atoms with Gasteiger partial charge in [-0.2, -0.15) is 0 Å². The van der Waals surface area contributed by atoms with E-state index in [0.29, 0.717) is 6.54 Å². The Morgan fingerprint density at radius 1 is 1.24 bits per heavy atom. The van der Waals surface area contributed by atoms with E-state index in [2.05, 4.69) is 22.3 Å². The molecule has 0 atom stereocenters. The number of nitrogens with one attached hydrogen (secondary N) is 1. The van der Waals surface area contributed by atoms with Crippen LogP contribution in [-0.2, 0) is 6.54 Å². The number of hydrogen-bond donors (Lipinski definition) is 1. The molecule has 1 aliphatic heterocycles. The van der Waals surface area contributed by atoms with Crippen molar-refractivity contribution in [3.63, 3.8) is 0 Å². The normalized spacial score (nSPS) is 16.1. The van der Waals surface area contributed by atoms with Gasteiger partial charge in [0.2, 0.25) is 0 Å². The number of nitrogens with zero attached hydrogens (tertiary/aromatic N) is 1. The van der Waals surface area contributed by atoms with Crippen LogP contribution in [0.3, 0.4) is 0 Å². The van der Waals surface area contributed by atoms with Crippen molar-refractivity contribution >= 4 is 5.91 Å². The fraction of sp³-hybridized carbons (Fsp3) is 0.500. The summed E-state index contributed by atoms with van der Waals surface area (Å²) in [5.41, 5.74) is 2.04. The minimum absolute atomic E-state index is 0.0141. The molecule has 1 aromatic carbocycles. The molecule has 3 nitrogen and oxygen atoms in total. The lowest BCUT2D eigenvalue weighted by Crippen LogP contribution is -2.22. The second-order valence-corrected chi connectivity index (χ2v) is 4.54. The number of benzene rings is 1. The number of likely N-dealkylation sites (tertiary alicyclic amines) is 1. The molecule has 17 heavy (non-hydrogen) atoms. The van der Waals surface area contributed by atoms with E-state index >= 15 is 0 Å². The van der Waals surface area contributed by atoms with E-state index in [1.807, 2.05) is 19.1 Å². The lowest BCUT2D eigenvalue weighted by molar-refractivity contribution is 0.0956. The number of carbonyl (C=O) groups excluding carboxylic acids is 1. The molecule has 1 aromatic rings. The predicted octanol–water partition coefficient (Wildman–Crippen LogP) is 2.03. The van der Waals surface area contributed by atoms with E-state index in [4.69, 9.17) is 0 Å². The van der Waals surface area contributed by atoms with Crippen LogP contribution < -0.4 is 5.32 Å². The van der Waals surface area contributed by atoms with Crippen LogP contribution in [0.2, 0.25) is 0 Å². The first-order valence-electron chi connectivity index (χ1n) is 6.39. The molecule has 1 saturated heterocycles. The smallest absolute Gasteiger partial charge is 0.251 e. The third kappa shape index (κ3) is 3.30. The van der Waals surface area contributed by atoms with Crippen LogP contribution in [0.5, 0.6) is 0 Å². The molecular weight excluding hydrogens is 212 g/mol. The third-order valence-corrected chi connectivity index (χ3v) is 3.16. The Bertz CT molecular complexity index is 366. The molecule has 1 N–H and O–H groups in total. The van der Waals surface area contributed by atoms with Crippen molar-refractivity contribution in [2.75, 3.05) is 19.6 Å². The van der Waals surface area contributed by atoms with Crippen molar-refractivity contribution in [1.29, 1.82) is 0 Å². The van der Waals surface area contributed by atoms with Crippen LogP contribution in [0.4, 0.5) is 0 Å². The molecule has 0 saturated carbocycles. The first kappa shape index (κ1) is 12.1. The summed E-state index contributed by atoms with van der Waals surface area (Å²) in [4.78, 5) is 14.0. The molecule has 1 amide bonds. The van der Waals surface area contributed by atoms with Crippen LogP contribution >= 0.6 is 0 Å². The summed E-state index contributed by atoms with van der Waals surface area (Å²) in [5, 5.41) is 2.81. The molecule has 0 aliphatic carbocycles. The van der Waals surface area contributed by atoms with Crippen LogP contribution in [0, 0.1) is 0 Å². The summed E-state index contributed by atoms with van der Waals surface area (Å²) in [6.45, 7) is 6.03. The predicted molar refractivity (Wildman–Crippen MR) is 69.0 cm³/mol. The maximum Gasteiger partial charge on any atom is 0.251 e. The molecule has 0 unspecified atom stereocenters. The van der Waals surface area contributed by atoms with E-state index in [0.717, 1.165) is 12.1 Å². The van der Waals surface area contributed by atoms with Gasteiger partial charge in [0, 0.05) is 18.7 Å². The van der Waals surface area contributed by atoms with Crippen molar-refractivity contribution < 1.29 is 4.79 Å². The SMILES string of the molecule is CCNC(=O)c1ccc(CN2CCCC2)cc1. The molecule has 1 fully saturated rings. The fourth-order valence-corrected chi connectivity index (χ4v) is 2.22. The maximum atomic E-state index is 11.6. The number of hydrogen-bond acceptors (Lipinski definition) is 2. The topological polar surface area (TPSA) is 32.3 Å². The summed E-state index contributed by atoms with van der Waals surface area (Å²) in [5.74, 6) is 0.0141. The lowest BCUT2D eigenvalue weighted by Gasteiger charge is -2.14. The monoisotopic (exact) mass is 232 g/mol. The van der Waals surface area contributed by atoms with Gasteiger partial charge in [-0.25, -0.2) is 0 Å². The Morgan fingerprint density at radius 3 is 2.47 bits per heavy atom. The van der Waals surface area contributed by atoms with Gasteiger partial charge in [0.25, 0.3) is 5.91 Å². The zero-order valence-corrected chi connectivity index (χ0v) is 10.4. The quantitative estimate of drug-likeness (QED) is 0.861. The van der Waals surface area contributed by atoms with Gasteiger partial charge >= 0.3 is 0 Å². The summed E-state index contributed by atoms with van der Waals surface area (Å²) >= 11 is 0. The molecule has 1 aliphatic rings. The molecule has 1 heterocycles. The second-order valence-electron chi connectivity index (χ2n) is 4.54. The Hall–Kier alpha value is -1.35. The van der Waals surface area contributed by atoms with Crippen molar-refractivity contribution in [2.24, 2.45) is 0 Å². The average Bonchev–Trinajstić information content (AvgIpc) is 2.83. The van der Waals surface area contributed by atoms with Crippen molar-refractivity contribution in [3.8, 4) is 0 Å². The van der Waals surface area contributed by atoms with Gasteiger partial charge in [0.15, 0.2) is 0 Å². The maximum absolute atomic E-state index is 11.6. The van der Waals surface area contributed by atoms with Crippen molar-refractivity contribution in [2.45, 2.75) is 26.3 Å². The Labute approximate surface area is 103 Å². The number of amides is 1.